The van der Waals surface area contributed by atoms with E-state index in [0.717, 1.165) is 19.6 Å². The van der Waals surface area contributed by atoms with Crippen molar-refractivity contribution in [2.24, 2.45) is 11.7 Å². The van der Waals surface area contributed by atoms with Crippen molar-refractivity contribution in [1.82, 2.24) is 15.1 Å². The van der Waals surface area contributed by atoms with Gasteiger partial charge in [0, 0.05) is 20.1 Å². The van der Waals surface area contributed by atoms with Crippen LogP contribution in [0.2, 0.25) is 0 Å². The van der Waals surface area contributed by atoms with Gasteiger partial charge in [0.25, 0.3) is 0 Å². The molecule has 2 amide bonds. The van der Waals surface area contributed by atoms with Gasteiger partial charge in [0.15, 0.2) is 0 Å². The van der Waals surface area contributed by atoms with E-state index in [1.54, 1.807) is 14.0 Å². The highest BCUT2D eigenvalue weighted by Gasteiger charge is 2.23. The number of nitrogens with zero attached hydrogens (tertiary/aromatic N) is 2. The molecule has 1 unspecified atom stereocenters. The SMILES string of the molecule is CC(C(=O)NCCN)C(=O)N(C)CC#CCN1CCCC1. The third kappa shape index (κ3) is 6.15. The van der Waals surface area contributed by atoms with Gasteiger partial charge in [-0.2, -0.15) is 0 Å². The third-order valence-corrected chi connectivity index (χ3v) is 3.53. The van der Waals surface area contributed by atoms with Crippen LogP contribution in [0.1, 0.15) is 19.8 Å². The number of rotatable bonds is 6. The Labute approximate surface area is 127 Å². The van der Waals surface area contributed by atoms with E-state index in [4.69, 9.17) is 5.73 Å². The van der Waals surface area contributed by atoms with Crippen LogP contribution in [0.15, 0.2) is 0 Å². The average molecular weight is 294 g/mol. The van der Waals surface area contributed by atoms with Crippen molar-refractivity contribution >= 4 is 11.8 Å². The second kappa shape index (κ2) is 9.37. The van der Waals surface area contributed by atoms with Crippen LogP contribution in [-0.2, 0) is 9.59 Å². The number of carbonyl (C=O) groups excluding carboxylic acids is 2. The molecule has 1 aliphatic heterocycles. The molecule has 0 aromatic rings. The van der Waals surface area contributed by atoms with Gasteiger partial charge in [-0.15, -0.1) is 0 Å². The van der Waals surface area contributed by atoms with Crippen LogP contribution in [-0.4, -0.2) is 67.9 Å². The predicted octanol–water partition coefficient (Wildman–Crippen LogP) is -0.745. The molecule has 0 spiro atoms. The molecule has 1 heterocycles. The first-order valence-electron chi connectivity index (χ1n) is 7.47. The number of nitrogens with two attached hydrogens (primary N) is 1. The Morgan fingerprint density at radius 2 is 2.00 bits per heavy atom. The average Bonchev–Trinajstić information content (AvgIpc) is 3.00. The summed E-state index contributed by atoms with van der Waals surface area (Å²) in [4.78, 5) is 27.5. The zero-order chi connectivity index (χ0) is 15.7. The van der Waals surface area contributed by atoms with Crippen molar-refractivity contribution in [3.63, 3.8) is 0 Å². The van der Waals surface area contributed by atoms with E-state index in [2.05, 4.69) is 22.1 Å². The van der Waals surface area contributed by atoms with Crippen molar-refractivity contribution in [2.75, 3.05) is 46.3 Å². The Morgan fingerprint density at radius 1 is 1.33 bits per heavy atom. The Hall–Kier alpha value is -1.58. The molecule has 1 saturated heterocycles. The maximum Gasteiger partial charge on any atom is 0.235 e. The van der Waals surface area contributed by atoms with Crippen molar-refractivity contribution in [3.8, 4) is 11.8 Å². The molecule has 0 bridgehead atoms. The fourth-order valence-electron chi connectivity index (χ4n) is 2.15. The molecule has 6 nitrogen and oxygen atoms in total. The molecule has 0 aromatic heterocycles. The molecule has 3 N–H and O–H groups in total. The summed E-state index contributed by atoms with van der Waals surface area (Å²) >= 11 is 0. The van der Waals surface area contributed by atoms with Crippen LogP contribution >= 0.6 is 0 Å². The topological polar surface area (TPSA) is 78.7 Å². The summed E-state index contributed by atoms with van der Waals surface area (Å²) in [5.74, 6) is 4.85. The highest BCUT2D eigenvalue weighted by Crippen LogP contribution is 2.05. The first-order chi connectivity index (χ1) is 10.1. The molecule has 0 aromatic carbocycles. The van der Waals surface area contributed by atoms with Gasteiger partial charge in [0.1, 0.15) is 5.92 Å². The third-order valence-electron chi connectivity index (χ3n) is 3.53. The molecule has 1 aliphatic rings. The minimum absolute atomic E-state index is 0.222. The van der Waals surface area contributed by atoms with Crippen LogP contribution in [0, 0.1) is 17.8 Å². The standard InChI is InChI=1S/C15H26N4O2/c1-13(14(20)17-8-7-16)15(21)18(2)9-3-4-10-19-11-5-6-12-19/h13H,5-12,16H2,1-2H3,(H,17,20). The van der Waals surface area contributed by atoms with Crippen molar-refractivity contribution < 1.29 is 9.59 Å². The highest BCUT2D eigenvalue weighted by molar-refractivity contribution is 5.99. The lowest BCUT2D eigenvalue weighted by Gasteiger charge is -2.18. The van der Waals surface area contributed by atoms with Gasteiger partial charge in [0.05, 0.1) is 13.1 Å². The summed E-state index contributed by atoms with van der Waals surface area (Å²) < 4.78 is 0. The van der Waals surface area contributed by atoms with Gasteiger partial charge in [0.2, 0.25) is 11.8 Å². The van der Waals surface area contributed by atoms with E-state index in [9.17, 15) is 9.59 Å². The van der Waals surface area contributed by atoms with Crippen molar-refractivity contribution in [3.05, 3.63) is 0 Å². The zero-order valence-corrected chi connectivity index (χ0v) is 13.0. The van der Waals surface area contributed by atoms with Gasteiger partial charge < -0.3 is 16.0 Å². The van der Waals surface area contributed by atoms with E-state index >= 15 is 0 Å². The van der Waals surface area contributed by atoms with Crippen LogP contribution in [0.5, 0.6) is 0 Å². The molecule has 1 fully saturated rings. The summed E-state index contributed by atoms with van der Waals surface area (Å²) in [6, 6.07) is 0. The smallest absolute Gasteiger partial charge is 0.235 e. The molecule has 0 aliphatic carbocycles. The number of amides is 2. The number of carbonyl (C=O) groups is 2. The molecule has 1 atom stereocenters. The highest BCUT2D eigenvalue weighted by atomic mass is 16.2. The summed E-state index contributed by atoms with van der Waals surface area (Å²) in [6.45, 7) is 5.68. The van der Waals surface area contributed by atoms with Gasteiger partial charge in [-0.25, -0.2) is 0 Å². The fraction of sp³-hybridized carbons (Fsp3) is 0.733. The summed E-state index contributed by atoms with van der Waals surface area (Å²) in [5.41, 5.74) is 5.31. The Kier molecular flexibility index (Phi) is 7.80. The van der Waals surface area contributed by atoms with Crippen molar-refractivity contribution in [2.45, 2.75) is 19.8 Å². The molecule has 0 saturated carbocycles. The number of hydrogen-bond donors (Lipinski definition) is 2. The van der Waals surface area contributed by atoms with Crippen LogP contribution in [0.3, 0.4) is 0 Å². The summed E-state index contributed by atoms with van der Waals surface area (Å²) in [7, 11) is 1.67. The van der Waals surface area contributed by atoms with Gasteiger partial charge in [-0.3, -0.25) is 14.5 Å². The van der Waals surface area contributed by atoms with Crippen LogP contribution in [0.25, 0.3) is 0 Å². The second-order valence-electron chi connectivity index (χ2n) is 5.33. The van der Waals surface area contributed by atoms with Gasteiger partial charge in [-0.05, 0) is 32.9 Å². The molecule has 6 heteroatoms. The fourth-order valence-corrected chi connectivity index (χ4v) is 2.15. The number of hydrogen-bond acceptors (Lipinski definition) is 4. The van der Waals surface area contributed by atoms with E-state index in [1.165, 1.54) is 17.7 Å². The molecule has 0 radical (unpaired) electrons. The van der Waals surface area contributed by atoms with E-state index < -0.39 is 5.92 Å². The van der Waals surface area contributed by atoms with Gasteiger partial charge in [-0.1, -0.05) is 11.8 Å². The molecular formula is C15H26N4O2. The maximum absolute atomic E-state index is 12.1. The zero-order valence-electron chi connectivity index (χ0n) is 13.0. The molecular weight excluding hydrogens is 268 g/mol. The first kappa shape index (κ1) is 17.5. The Morgan fingerprint density at radius 3 is 2.62 bits per heavy atom. The number of likely N-dealkylation sites (tertiary alicyclic amines) is 1. The van der Waals surface area contributed by atoms with Gasteiger partial charge >= 0.3 is 0 Å². The van der Waals surface area contributed by atoms with Crippen LogP contribution in [0.4, 0.5) is 0 Å². The predicted molar refractivity (Wildman–Crippen MR) is 82.3 cm³/mol. The van der Waals surface area contributed by atoms with Crippen LogP contribution < -0.4 is 11.1 Å². The normalized spacial score (nSPS) is 16.0. The second-order valence-corrected chi connectivity index (χ2v) is 5.33. The van der Waals surface area contributed by atoms with E-state index in [1.807, 2.05) is 0 Å². The lowest BCUT2D eigenvalue weighted by molar-refractivity contribution is -0.140. The minimum atomic E-state index is -0.707. The lowest BCUT2D eigenvalue weighted by Crippen LogP contribution is -2.42. The minimum Gasteiger partial charge on any atom is -0.354 e. The quantitative estimate of drug-likeness (QED) is 0.499. The van der Waals surface area contributed by atoms with E-state index in [-0.39, 0.29) is 11.8 Å². The van der Waals surface area contributed by atoms with Crippen molar-refractivity contribution in [1.29, 1.82) is 0 Å². The largest absolute Gasteiger partial charge is 0.354 e. The summed E-state index contributed by atoms with van der Waals surface area (Å²) in [6.07, 6.45) is 2.49. The summed E-state index contributed by atoms with van der Waals surface area (Å²) in [5, 5.41) is 2.62. The first-order valence-corrected chi connectivity index (χ1v) is 7.47. The number of nitrogens with one attached hydrogen (secondary N) is 1. The van der Waals surface area contributed by atoms with E-state index in [0.29, 0.717) is 19.6 Å². The molecule has 1 rings (SSSR count). The maximum atomic E-state index is 12.1. The molecule has 21 heavy (non-hydrogen) atoms. The lowest BCUT2D eigenvalue weighted by atomic mass is 10.1. The monoisotopic (exact) mass is 294 g/mol. The Bertz CT molecular complexity index is 408. The molecule has 118 valence electrons. The Balaban J connectivity index is 2.32.